The van der Waals surface area contributed by atoms with Crippen molar-refractivity contribution >= 4 is 30.1 Å². The number of rotatable bonds is 10. The summed E-state index contributed by atoms with van der Waals surface area (Å²) in [5, 5.41) is 2.62. The fourth-order valence-electron chi connectivity index (χ4n) is 4.54. The molecule has 0 aromatic carbocycles. The summed E-state index contributed by atoms with van der Waals surface area (Å²) < 4.78 is 16.7. The number of esters is 3. The van der Waals surface area contributed by atoms with Gasteiger partial charge in [0.05, 0.1) is 32.2 Å². The van der Waals surface area contributed by atoms with Crippen molar-refractivity contribution in [1.82, 2.24) is 24.9 Å². The summed E-state index contributed by atoms with van der Waals surface area (Å²) in [6.45, 7) is 21.7. The number of amides is 1. The highest BCUT2D eigenvalue weighted by atomic mass is 16.6. The third-order valence-corrected chi connectivity index (χ3v) is 6.48. The monoisotopic (exact) mass is 627 g/mol. The molecule has 1 fully saturated rings. The van der Waals surface area contributed by atoms with Crippen molar-refractivity contribution in [1.29, 1.82) is 0 Å². The van der Waals surface area contributed by atoms with E-state index in [4.69, 9.17) is 14.2 Å². The lowest BCUT2D eigenvalue weighted by molar-refractivity contribution is -0.158. The van der Waals surface area contributed by atoms with Crippen LogP contribution < -0.4 is 5.32 Å². The Balaban J connectivity index is 3.27. The van der Waals surface area contributed by atoms with E-state index in [1.807, 2.05) is 81.9 Å². The molecule has 0 aromatic heterocycles. The first-order chi connectivity index (χ1) is 20.2. The average Bonchev–Trinajstić information content (AvgIpc) is 2.83. The van der Waals surface area contributed by atoms with Gasteiger partial charge in [0.15, 0.2) is 0 Å². The second kappa shape index (κ2) is 17.8. The van der Waals surface area contributed by atoms with Crippen molar-refractivity contribution in [3.8, 4) is 0 Å². The molecule has 13 nitrogen and oxygen atoms in total. The van der Waals surface area contributed by atoms with Gasteiger partial charge in [0.25, 0.3) is 0 Å². The van der Waals surface area contributed by atoms with Gasteiger partial charge in [0, 0.05) is 52.4 Å². The third-order valence-electron chi connectivity index (χ3n) is 6.48. The smallest absolute Gasteiger partial charge is 0.320 e. The number of nitrogens with zero attached hydrogens (tertiary/aromatic N) is 4. The number of nitrogens with one attached hydrogen (secondary N) is 1. The topological polar surface area (TPSA) is 138 Å². The lowest BCUT2D eigenvalue weighted by Gasteiger charge is -2.36. The second-order valence-corrected chi connectivity index (χ2v) is 14.2. The van der Waals surface area contributed by atoms with E-state index < -0.39 is 22.8 Å². The Morgan fingerprint density at radius 3 is 1.18 bits per heavy atom. The Labute approximate surface area is 263 Å². The zero-order valence-electron chi connectivity index (χ0n) is 28.7. The maximum Gasteiger partial charge on any atom is 0.320 e. The molecule has 0 radical (unpaired) electrons. The Morgan fingerprint density at radius 1 is 0.614 bits per heavy atom. The largest absolute Gasteiger partial charge is 0.459 e. The van der Waals surface area contributed by atoms with Crippen LogP contribution in [0.1, 0.15) is 69.2 Å². The van der Waals surface area contributed by atoms with E-state index in [-0.39, 0.29) is 50.0 Å². The summed E-state index contributed by atoms with van der Waals surface area (Å²) in [6, 6.07) is -0.562. The molecule has 0 bridgehead atoms. The molecule has 1 amide bonds. The van der Waals surface area contributed by atoms with Crippen molar-refractivity contribution < 1.29 is 38.2 Å². The van der Waals surface area contributed by atoms with E-state index in [1.54, 1.807) is 6.92 Å². The van der Waals surface area contributed by atoms with Crippen molar-refractivity contribution in [3.05, 3.63) is 0 Å². The Kier molecular flexibility index (Phi) is 15.9. The predicted molar refractivity (Wildman–Crippen MR) is 167 cm³/mol. The SMILES string of the molecule is CC(C(=O)NCC=O)N1CCN(CC(=O)OC(C)(C)C)CCN(CC(=O)OC(C)(C)C)CCN(CC(=O)OC(C)(C)C)CC1. The minimum Gasteiger partial charge on any atom is -0.459 e. The molecule has 1 rings (SSSR count). The van der Waals surface area contributed by atoms with Gasteiger partial charge in [-0.05, 0) is 69.2 Å². The molecular weight excluding hydrogens is 570 g/mol. The van der Waals surface area contributed by atoms with Crippen LogP contribution in [0.5, 0.6) is 0 Å². The van der Waals surface area contributed by atoms with E-state index in [2.05, 4.69) is 5.32 Å². The molecule has 13 heteroatoms. The number of aldehydes is 1. The first-order valence-corrected chi connectivity index (χ1v) is 15.5. The summed E-state index contributed by atoms with van der Waals surface area (Å²) in [6.07, 6.45) is 0.634. The van der Waals surface area contributed by atoms with Gasteiger partial charge in [-0.2, -0.15) is 0 Å². The molecule has 0 spiro atoms. The molecular formula is C31H57N5O8. The Bertz CT molecular complexity index is 908. The maximum atomic E-state index is 12.8. The van der Waals surface area contributed by atoms with Gasteiger partial charge in [0.1, 0.15) is 23.1 Å². The molecule has 1 atom stereocenters. The Hall–Kier alpha value is -2.61. The quantitative estimate of drug-likeness (QED) is 0.210. The summed E-state index contributed by atoms with van der Waals surface area (Å²) in [4.78, 5) is 69.9. The van der Waals surface area contributed by atoms with Crippen molar-refractivity contribution in [2.75, 3.05) is 78.5 Å². The average molecular weight is 628 g/mol. The van der Waals surface area contributed by atoms with E-state index in [9.17, 15) is 24.0 Å². The highest BCUT2D eigenvalue weighted by Crippen LogP contribution is 2.12. The summed E-state index contributed by atoms with van der Waals surface area (Å²) >= 11 is 0. The molecule has 1 aliphatic rings. The van der Waals surface area contributed by atoms with Crippen LogP contribution in [-0.4, -0.2) is 151 Å². The summed E-state index contributed by atoms with van der Waals surface area (Å²) in [5.74, 6) is -1.38. The van der Waals surface area contributed by atoms with Gasteiger partial charge in [-0.1, -0.05) is 0 Å². The van der Waals surface area contributed by atoms with Crippen LogP contribution in [0, 0.1) is 0 Å². The van der Waals surface area contributed by atoms with Gasteiger partial charge >= 0.3 is 17.9 Å². The normalized spacial score (nSPS) is 18.3. The first kappa shape index (κ1) is 39.4. The molecule has 1 N–H and O–H groups in total. The molecule has 254 valence electrons. The lowest BCUT2D eigenvalue weighted by Crippen LogP contribution is -2.53. The van der Waals surface area contributed by atoms with Gasteiger partial charge in [-0.3, -0.25) is 38.8 Å². The van der Waals surface area contributed by atoms with E-state index in [1.165, 1.54) is 0 Å². The predicted octanol–water partition coefficient (Wildman–Crippen LogP) is 0.937. The fraction of sp³-hybridized carbons (Fsp3) is 0.839. The molecule has 0 saturated carbocycles. The number of carbonyl (C=O) groups excluding carboxylic acids is 5. The van der Waals surface area contributed by atoms with Gasteiger partial charge in [0.2, 0.25) is 5.91 Å². The zero-order valence-corrected chi connectivity index (χ0v) is 28.7. The number of hydrogen-bond acceptors (Lipinski definition) is 12. The van der Waals surface area contributed by atoms with Gasteiger partial charge in [-0.15, -0.1) is 0 Å². The van der Waals surface area contributed by atoms with Crippen LogP contribution in [0.3, 0.4) is 0 Å². The second-order valence-electron chi connectivity index (χ2n) is 14.2. The highest BCUT2D eigenvalue weighted by molar-refractivity contribution is 5.83. The molecule has 1 unspecified atom stereocenters. The Morgan fingerprint density at radius 2 is 0.909 bits per heavy atom. The van der Waals surface area contributed by atoms with Gasteiger partial charge < -0.3 is 24.3 Å². The molecule has 1 aliphatic heterocycles. The van der Waals surface area contributed by atoms with Crippen molar-refractivity contribution in [2.45, 2.75) is 92.1 Å². The third kappa shape index (κ3) is 18.3. The number of hydrogen-bond donors (Lipinski definition) is 1. The standard InChI is InChI=1S/C31H57N5O8/c1-24(28(41)32-11-20-37)36-18-16-34(22-26(39)43-30(5,6)7)14-12-33(21-25(38)42-29(2,3)4)13-15-35(17-19-36)23-27(40)44-31(8,9)10/h20,24H,11-19,21-23H2,1-10H3,(H,32,41). The zero-order chi connectivity index (χ0) is 33.7. The minimum atomic E-state index is -0.638. The first-order valence-electron chi connectivity index (χ1n) is 15.5. The number of carbonyl (C=O) groups is 5. The van der Waals surface area contributed by atoms with Crippen LogP contribution in [0.2, 0.25) is 0 Å². The van der Waals surface area contributed by atoms with Crippen LogP contribution >= 0.6 is 0 Å². The summed E-state index contributed by atoms with van der Waals surface area (Å²) in [5.41, 5.74) is -1.91. The molecule has 0 aliphatic carbocycles. The van der Waals surface area contributed by atoms with Crippen LogP contribution in [0.25, 0.3) is 0 Å². The number of ether oxygens (including phenoxy) is 3. The lowest BCUT2D eigenvalue weighted by atomic mass is 10.2. The van der Waals surface area contributed by atoms with Crippen LogP contribution in [-0.2, 0) is 38.2 Å². The maximum absolute atomic E-state index is 12.8. The minimum absolute atomic E-state index is 0.0435. The van der Waals surface area contributed by atoms with Crippen LogP contribution in [0.15, 0.2) is 0 Å². The molecule has 1 saturated heterocycles. The van der Waals surface area contributed by atoms with Crippen molar-refractivity contribution in [2.24, 2.45) is 0 Å². The summed E-state index contributed by atoms with van der Waals surface area (Å²) in [7, 11) is 0. The molecule has 1 heterocycles. The fourth-order valence-corrected chi connectivity index (χ4v) is 4.54. The van der Waals surface area contributed by atoms with E-state index in [0.717, 1.165) is 0 Å². The highest BCUT2D eigenvalue weighted by Gasteiger charge is 2.27. The van der Waals surface area contributed by atoms with E-state index in [0.29, 0.717) is 58.6 Å². The molecule has 0 aromatic rings. The van der Waals surface area contributed by atoms with E-state index >= 15 is 0 Å². The van der Waals surface area contributed by atoms with Crippen LogP contribution in [0.4, 0.5) is 0 Å². The molecule has 44 heavy (non-hydrogen) atoms. The van der Waals surface area contributed by atoms with Gasteiger partial charge in [-0.25, -0.2) is 0 Å². The van der Waals surface area contributed by atoms with Crippen molar-refractivity contribution in [3.63, 3.8) is 0 Å².